The van der Waals surface area contributed by atoms with Crippen molar-refractivity contribution in [2.75, 3.05) is 12.4 Å². The van der Waals surface area contributed by atoms with Crippen molar-refractivity contribution in [3.05, 3.63) is 74.1 Å². The Kier molecular flexibility index (Phi) is 5.81. The van der Waals surface area contributed by atoms with E-state index in [0.717, 1.165) is 17.4 Å². The van der Waals surface area contributed by atoms with E-state index in [0.29, 0.717) is 16.1 Å². The molecule has 0 aliphatic rings. The molecule has 0 saturated heterocycles. The number of benzene rings is 2. The molecule has 3 N–H and O–H groups in total. The predicted molar refractivity (Wildman–Crippen MR) is 111 cm³/mol. The number of nitro groups is 1. The van der Waals surface area contributed by atoms with Gasteiger partial charge in [-0.15, -0.1) is 11.3 Å². The van der Waals surface area contributed by atoms with Crippen LogP contribution in [0.3, 0.4) is 0 Å². The molecule has 10 heteroatoms. The van der Waals surface area contributed by atoms with Gasteiger partial charge in [-0.3, -0.25) is 19.7 Å². The highest BCUT2D eigenvalue weighted by Gasteiger charge is 2.22. The Morgan fingerprint density at radius 1 is 1.21 bits per heavy atom. The Labute approximate surface area is 174 Å². The summed E-state index contributed by atoms with van der Waals surface area (Å²) >= 11 is 7.02. The Morgan fingerprint density at radius 3 is 2.48 bits per heavy atom. The van der Waals surface area contributed by atoms with E-state index in [2.05, 4.69) is 5.32 Å². The summed E-state index contributed by atoms with van der Waals surface area (Å²) in [6.07, 6.45) is 0. The lowest BCUT2D eigenvalue weighted by molar-refractivity contribution is -0.385. The molecule has 29 heavy (non-hydrogen) atoms. The summed E-state index contributed by atoms with van der Waals surface area (Å²) in [5, 5.41) is 16.2. The van der Waals surface area contributed by atoms with Gasteiger partial charge in [-0.2, -0.15) is 0 Å². The number of methoxy groups -OCH3 is 1. The number of rotatable bonds is 6. The molecule has 0 atom stereocenters. The van der Waals surface area contributed by atoms with E-state index in [1.165, 1.54) is 19.2 Å². The average molecular weight is 432 g/mol. The van der Waals surface area contributed by atoms with Gasteiger partial charge < -0.3 is 15.8 Å². The molecular formula is C19H14ClN3O5S. The van der Waals surface area contributed by atoms with Crippen LogP contribution in [0.5, 0.6) is 5.75 Å². The van der Waals surface area contributed by atoms with Crippen LogP contribution >= 0.6 is 22.9 Å². The molecule has 0 aliphatic carbocycles. The first-order valence-corrected chi connectivity index (χ1v) is 9.38. The van der Waals surface area contributed by atoms with Crippen LogP contribution < -0.4 is 15.8 Å². The van der Waals surface area contributed by atoms with Crippen LogP contribution in [0.25, 0.3) is 11.1 Å². The monoisotopic (exact) mass is 431 g/mol. The number of halogens is 1. The second-order valence-corrected chi connectivity index (χ2v) is 7.14. The molecule has 148 valence electrons. The Morgan fingerprint density at radius 2 is 1.90 bits per heavy atom. The molecule has 2 aromatic carbocycles. The summed E-state index contributed by atoms with van der Waals surface area (Å²) in [6.45, 7) is 0. The topological polar surface area (TPSA) is 125 Å². The van der Waals surface area contributed by atoms with E-state index in [1.54, 1.807) is 29.6 Å². The lowest BCUT2D eigenvalue weighted by Crippen LogP contribution is -2.17. The van der Waals surface area contributed by atoms with Crippen LogP contribution in [-0.2, 0) is 0 Å². The zero-order chi connectivity index (χ0) is 21.1. The van der Waals surface area contributed by atoms with Gasteiger partial charge in [0.1, 0.15) is 5.00 Å². The van der Waals surface area contributed by atoms with E-state index < -0.39 is 16.7 Å². The van der Waals surface area contributed by atoms with Gasteiger partial charge in [0.25, 0.3) is 11.8 Å². The molecule has 2 amide bonds. The number of primary amides is 1. The van der Waals surface area contributed by atoms with Gasteiger partial charge in [-0.1, -0.05) is 23.7 Å². The molecule has 0 aliphatic heterocycles. The fourth-order valence-corrected chi connectivity index (χ4v) is 3.78. The fourth-order valence-electron chi connectivity index (χ4n) is 2.69. The molecule has 0 unspecified atom stereocenters. The molecule has 3 aromatic rings. The number of hydrogen-bond acceptors (Lipinski definition) is 6. The van der Waals surface area contributed by atoms with Crippen molar-refractivity contribution in [1.29, 1.82) is 0 Å². The second kappa shape index (κ2) is 8.29. The Hall–Kier alpha value is -3.43. The van der Waals surface area contributed by atoms with Crippen molar-refractivity contribution in [1.82, 2.24) is 0 Å². The highest BCUT2D eigenvalue weighted by Crippen LogP contribution is 2.36. The number of nitrogens with two attached hydrogens (primary N) is 1. The van der Waals surface area contributed by atoms with Crippen molar-refractivity contribution < 1.29 is 19.2 Å². The summed E-state index contributed by atoms with van der Waals surface area (Å²) in [7, 11) is 1.30. The Bertz CT molecular complexity index is 1110. The van der Waals surface area contributed by atoms with Gasteiger partial charge in [-0.05, 0) is 29.8 Å². The van der Waals surface area contributed by atoms with Crippen molar-refractivity contribution in [3.63, 3.8) is 0 Å². The number of hydrogen-bond donors (Lipinski definition) is 2. The first kappa shape index (κ1) is 20.3. The number of nitro benzene ring substituents is 1. The minimum absolute atomic E-state index is 0.0329. The summed E-state index contributed by atoms with van der Waals surface area (Å²) in [4.78, 5) is 35.2. The van der Waals surface area contributed by atoms with E-state index in [-0.39, 0.29) is 27.6 Å². The number of thiophene rings is 1. The first-order chi connectivity index (χ1) is 13.8. The number of carbonyl (C=O) groups is 2. The highest BCUT2D eigenvalue weighted by molar-refractivity contribution is 7.15. The maximum absolute atomic E-state index is 12.6. The maximum Gasteiger partial charge on any atom is 0.311 e. The van der Waals surface area contributed by atoms with Crippen LogP contribution in [0, 0.1) is 10.1 Å². The zero-order valence-corrected chi connectivity index (χ0v) is 16.5. The molecular weight excluding hydrogens is 418 g/mol. The SMILES string of the molecule is COc1ccc(C(=O)Nc2scc(-c3ccc(Cl)cc3)c2C(N)=O)cc1[N+](=O)[O-]. The van der Waals surface area contributed by atoms with Crippen molar-refractivity contribution >= 4 is 45.4 Å². The zero-order valence-electron chi connectivity index (χ0n) is 15.0. The highest BCUT2D eigenvalue weighted by atomic mass is 35.5. The van der Waals surface area contributed by atoms with Crippen molar-refractivity contribution in [2.45, 2.75) is 0 Å². The molecule has 0 spiro atoms. The predicted octanol–water partition coefficient (Wildman–Crippen LogP) is 4.34. The molecule has 0 radical (unpaired) electrons. The molecule has 3 rings (SSSR count). The number of anilines is 1. The van der Waals surface area contributed by atoms with E-state index in [4.69, 9.17) is 22.1 Å². The number of ether oxygens (including phenoxy) is 1. The maximum atomic E-state index is 12.6. The molecule has 0 saturated carbocycles. The lowest BCUT2D eigenvalue weighted by Gasteiger charge is -2.08. The van der Waals surface area contributed by atoms with E-state index in [9.17, 15) is 19.7 Å². The van der Waals surface area contributed by atoms with Gasteiger partial charge in [0.2, 0.25) is 0 Å². The van der Waals surface area contributed by atoms with Crippen LogP contribution in [0.2, 0.25) is 5.02 Å². The van der Waals surface area contributed by atoms with Gasteiger partial charge >= 0.3 is 5.69 Å². The smallest absolute Gasteiger partial charge is 0.311 e. The number of nitrogens with one attached hydrogen (secondary N) is 1. The summed E-state index contributed by atoms with van der Waals surface area (Å²) < 4.78 is 4.93. The quantitative estimate of drug-likeness (QED) is 0.443. The number of nitrogens with zero attached hydrogens (tertiary/aromatic N) is 1. The van der Waals surface area contributed by atoms with Gasteiger partial charge in [-0.25, -0.2) is 0 Å². The second-order valence-electron chi connectivity index (χ2n) is 5.82. The van der Waals surface area contributed by atoms with Crippen LogP contribution in [0.4, 0.5) is 10.7 Å². The minimum Gasteiger partial charge on any atom is -0.490 e. The largest absolute Gasteiger partial charge is 0.490 e. The van der Waals surface area contributed by atoms with Gasteiger partial charge in [0, 0.05) is 27.6 Å². The normalized spacial score (nSPS) is 10.4. The summed E-state index contributed by atoms with van der Waals surface area (Å²) in [5.41, 5.74) is 6.63. The molecule has 0 bridgehead atoms. The lowest BCUT2D eigenvalue weighted by atomic mass is 10.0. The molecule has 1 aromatic heterocycles. The number of amides is 2. The summed E-state index contributed by atoms with van der Waals surface area (Å²) in [5.74, 6) is -1.31. The standard InChI is InChI=1S/C19H14ClN3O5S/c1-28-15-7-4-11(8-14(15)23(26)27)18(25)22-19-16(17(21)24)13(9-29-19)10-2-5-12(20)6-3-10/h2-9H,1H3,(H2,21,24)(H,22,25). The molecule has 1 heterocycles. The van der Waals surface area contributed by atoms with Gasteiger partial charge in [0.05, 0.1) is 17.6 Å². The first-order valence-electron chi connectivity index (χ1n) is 8.12. The van der Waals surface area contributed by atoms with Crippen LogP contribution in [0.1, 0.15) is 20.7 Å². The van der Waals surface area contributed by atoms with E-state index >= 15 is 0 Å². The third kappa shape index (κ3) is 4.20. The Balaban J connectivity index is 1.95. The fraction of sp³-hybridized carbons (Fsp3) is 0.0526. The van der Waals surface area contributed by atoms with E-state index in [1.807, 2.05) is 0 Å². The third-order valence-electron chi connectivity index (χ3n) is 4.06. The number of carbonyl (C=O) groups excluding carboxylic acids is 2. The third-order valence-corrected chi connectivity index (χ3v) is 5.20. The van der Waals surface area contributed by atoms with Crippen LogP contribution in [-0.4, -0.2) is 23.8 Å². The molecule has 0 fully saturated rings. The molecule has 8 nitrogen and oxygen atoms in total. The van der Waals surface area contributed by atoms with Crippen molar-refractivity contribution in [3.8, 4) is 16.9 Å². The summed E-state index contributed by atoms with van der Waals surface area (Å²) in [6, 6.07) is 10.6. The van der Waals surface area contributed by atoms with Crippen LogP contribution in [0.15, 0.2) is 47.8 Å². The van der Waals surface area contributed by atoms with Gasteiger partial charge in [0.15, 0.2) is 5.75 Å². The minimum atomic E-state index is -0.716. The average Bonchev–Trinajstić information content (AvgIpc) is 3.11. The van der Waals surface area contributed by atoms with Crippen molar-refractivity contribution in [2.24, 2.45) is 5.73 Å².